The number of carbonyl (C=O) groups excluding carboxylic acids is 3. The van der Waals surface area contributed by atoms with Crippen molar-refractivity contribution in [3.8, 4) is 33.3 Å². The first-order valence-corrected chi connectivity index (χ1v) is 30.6. The van der Waals surface area contributed by atoms with Gasteiger partial charge in [0, 0.05) is 63.6 Å². The predicted octanol–water partition coefficient (Wildman–Crippen LogP) is 7.19. The number of hydrogen-bond acceptors (Lipinski definition) is 20. The fraction of sp³-hybridized carbons (Fsp3) is 0.537. The zero-order valence-electron chi connectivity index (χ0n) is 44.7. The van der Waals surface area contributed by atoms with Crippen LogP contribution in [0.1, 0.15) is 82.9 Å². The van der Waals surface area contributed by atoms with Crippen molar-refractivity contribution in [2.75, 3.05) is 82.0 Å². The minimum Gasteiger partial charge on any atom is -0.507 e. The summed E-state index contributed by atoms with van der Waals surface area (Å²) >= 11 is 1.56. The highest BCUT2D eigenvalue weighted by Gasteiger charge is 2.46. The summed E-state index contributed by atoms with van der Waals surface area (Å²) in [4.78, 5) is 56.5. The van der Waals surface area contributed by atoms with Crippen molar-refractivity contribution in [3.05, 3.63) is 83.2 Å². The molecule has 0 spiro atoms. The van der Waals surface area contributed by atoms with Crippen molar-refractivity contribution in [2.24, 2.45) is 11.8 Å². The van der Waals surface area contributed by atoms with Crippen molar-refractivity contribution in [3.63, 3.8) is 0 Å². The Morgan fingerprint density at radius 2 is 1.74 bits per heavy atom. The number of para-hydroxylation sites is 1. The van der Waals surface area contributed by atoms with E-state index >= 15 is 0 Å². The average molecular weight is 1120 g/mol. The van der Waals surface area contributed by atoms with Gasteiger partial charge in [0.2, 0.25) is 11.8 Å². The van der Waals surface area contributed by atoms with E-state index in [4.69, 9.17) is 18.7 Å². The van der Waals surface area contributed by atoms with Crippen LogP contribution in [0.2, 0.25) is 0 Å². The van der Waals surface area contributed by atoms with Crippen molar-refractivity contribution in [2.45, 2.75) is 102 Å². The lowest BCUT2D eigenvalue weighted by atomic mass is 9.91. The molecule has 4 aliphatic heterocycles. The molecule has 3 aromatic heterocycles. The molecule has 414 valence electrons. The number of nitrogens with one attached hydrogen (secondary N) is 2. The van der Waals surface area contributed by atoms with Gasteiger partial charge in [-0.05, 0) is 111 Å². The van der Waals surface area contributed by atoms with E-state index in [2.05, 4.69) is 45.7 Å². The molecule has 0 bridgehead atoms. The van der Waals surface area contributed by atoms with E-state index in [1.807, 2.05) is 75.7 Å². The number of anilines is 2. The van der Waals surface area contributed by atoms with Gasteiger partial charge in [-0.15, -0.1) is 21.5 Å². The number of carbonyl (C=O) groups is 3. The molecule has 2 aromatic carbocycles. The molecule has 2 unspecified atom stereocenters. The molecule has 0 aliphatic carbocycles. The van der Waals surface area contributed by atoms with Gasteiger partial charge in [-0.25, -0.2) is 18.2 Å². The van der Waals surface area contributed by atoms with Crippen molar-refractivity contribution in [1.82, 2.24) is 40.4 Å². The molecule has 77 heavy (non-hydrogen) atoms. The Labute approximate surface area is 457 Å². The highest BCUT2D eigenvalue weighted by Crippen LogP contribution is 2.38. The number of rotatable bonds is 19. The van der Waals surface area contributed by atoms with Crippen LogP contribution in [0.3, 0.4) is 0 Å². The van der Waals surface area contributed by atoms with Gasteiger partial charge in [0.1, 0.15) is 36.5 Å². The Morgan fingerprint density at radius 1 is 0.974 bits per heavy atom. The largest absolute Gasteiger partial charge is 0.508 e. The maximum atomic E-state index is 14.8. The number of amides is 2. The van der Waals surface area contributed by atoms with Crippen molar-refractivity contribution >= 4 is 60.5 Å². The molecule has 23 heteroatoms. The monoisotopic (exact) mass is 1110 g/mol. The summed E-state index contributed by atoms with van der Waals surface area (Å²) in [5.74, 6) is 0.155. The molecule has 5 aromatic rings. The Morgan fingerprint density at radius 3 is 2.45 bits per heavy atom. The SMILES string of the molecule is Cc1ncsc1-c1ccc([C@H](C)NC(=O)[C@@H]2C[C@@H](OC(=O)OC(C)C(C)SS(C)(=O)=O)CN2C(=O)[C@@H](c2cc(OCCN3CCC(CN4CCN5c6cc(-c7ccccc7O)nnc6NC[C@H]5C4)CC3)no2)C(C)C)cc1. The summed E-state index contributed by atoms with van der Waals surface area (Å²) in [7, 11) is -2.73. The third kappa shape index (κ3) is 13.6. The number of ether oxygens (including phenoxy) is 3. The number of piperazine rings is 1. The van der Waals surface area contributed by atoms with Gasteiger partial charge in [0.25, 0.3) is 5.88 Å². The summed E-state index contributed by atoms with van der Waals surface area (Å²) < 4.78 is 46.9. The number of thiazole rings is 1. The van der Waals surface area contributed by atoms with Crippen LogP contribution in [-0.4, -0.2) is 168 Å². The summed E-state index contributed by atoms with van der Waals surface area (Å²) in [5, 5.41) is 29.5. The maximum absolute atomic E-state index is 14.8. The number of fused-ring (bicyclic) bond motifs is 3. The van der Waals surface area contributed by atoms with Gasteiger partial charge >= 0.3 is 6.16 Å². The third-order valence-corrected chi connectivity index (χ3v) is 19.1. The molecule has 3 fully saturated rings. The quantitative estimate of drug-likeness (QED) is 0.0548. The normalized spacial score (nSPS) is 20.9. The number of aromatic nitrogens is 4. The Hall–Kier alpha value is -6.01. The van der Waals surface area contributed by atoms with Gasteiger partial charge in [0.15, 0.2) is 20.4 Å². The second-order valence-electron chi connectivity index (χ2n) is 21.1. The number of aryl methyl sites for hydroxylation is 1. The van der Waals surface area contributed by atoms with Crippen LogP contribution in [0.15, 0.2) is 70.7 Å². The van der Waals surface area contributed by atoms with E-state index < -0.39 is 62.3 Å². The van der Waals surface area contributed by atoms with Gasteiger partial charge in [0.05, 0.1) is 51.3 Å². The van der Waals surface area contributed by atoms with Gasteiger partial charge < -0.3 is 44.3 Å². The van der Waals surface area contributed by atoms with Crippen LogP contribution in [-0.2, 0) is 27.9 Å². The van der Waals surface area contributed by atoms with Crippen LogP contribution in [0, 0.1) is 18.8 Å². The lowest BCUT2D eigenvalue weighted by Gasteiger charge is -2.47. The van der Waals surface area contributed by atoms with E-state index in [9.17, 15) is 27.9 Å². The number of phenolic OH excluding ortho intramolecular Hbond substituents is 1. The van der Waals surface area contributed by atoms with E-state index in [-0.39, 0.29) is 30.5 Å². The number of piperidine rings is 1. The molecule has 7 heterocycles. The van der Waals surface area contributed by atoms with Crippen LogP contribution >= 0.6 is 22.1 Å². The minimum absolute atomic E-state index is 0.00316. The van der Waals surface area contributed by atoms with Crippen LogP contribution in [0.4, 0.5) is 16.3 Å². The van der Waals surface area contributed by atoms with E-state index in [0.717, 1.165) is 98.1 Å². The third-order valence-electron chi connectivity index (χ3n) is 15.1. The van der Waals surface area contributed by atoms with E-state index in [1.54, 1.807) is 43.4 Å². The Bertz CT molecular complexity index is 2970. The number of aromatic hydroxyl groups is 1. The molecule has 0 radical (unpaired) electrons. The summed E-state index contributed by atoms with van der Waals surface area (Å²) in [6.45, 7) is 18.4. The van der Waals surface area contributed by atoms with Crippen molar-refractivity contribution < 1.29 is 46.6 Å². The lowest BCUT2D eigenvalue weighted by Crippen LogP contribution is -2.58. The number of phenols is 1. The highest BCUT2D eigenvalue weighted by atomic mass is 33.1. The second-order valence-corrected chi connectivity index (χ2v) is 26.7. The zero-order valence-corrected chi connectivity index (χ0v) is 47.1. The molecule has 9 rings (SSSR count). The van der Waals surface area contributed by atoms with E-state index in [0.29, 0.717) is 52.9 Å². The number of hydrogen-bond donors (Lipinski definition) is 3. The number of benzene rings is 2. The molecule has 0 saturated carbocycles. The molecule has 3 saturated heterocycles. The second kappa shape index (κ2) is 24.3. The topological polar surface area (TPSA) is 235 Å². The number of nitrogens with zero attached hydrogens (tertiary/aromatic N) is 8. The fourth-order valence-corrected chi connectivity index (χ4v) is 14.5. The predicted molar refractivity (Wildman–Crippen MR) is 296 cm³/mol. The first-order chi connectivity index (χ1) is 36.9. The van der Waals surface area contributed by atoms with Crippen LogP contribution < -0.4 is 20.3 Å². The molecular weight excluding hydrogens is 1040 g/mol. The summed E-state index contributed by atoms with van der Waals surface area (Å²) in [6.07, 6.45) is 0.527. The molecule has 4 aliphatic rings. The van der Waals surface area contributed by atoms with E-state index in [1.165, 1.54) is 4.90 Å². The maximum Gasteiger partial charge on any atom is 0.508 e. The van der Waals surface area contributed by atoms with Crippen molar-refractivity contribution in [1.29, 1.82) is 0 Å². The zero-order chi connectivity index (χ0) is 54.5. The first-order valence-electron chi connectivity index (χ1n) is 26.4. The van der Waals surface area contributed by atoms with Gasteiger partial charge in [-0.2, -0.15) is 0 Å². The Balaban J connectivity index is 0.775. The first kappa shape index (κ1) is 55.7. The van der Waals surface area contributed by atoms with Gasteiger partial charge in [-0.3, -0.25) is 19.4 Å². The number of likely N-dealkylation sites (tertiary alicyclic amines) is 2. The van der Waals surface area contributed by atoms with Gasteiger partial charge in [-0.1, -0.05) is 50.2 Å². The minimum atomic E-state index is -3.41. The van der Waals surface area contributed by atoms with Crippen LogP contribution in [0.5, 0.6) is 11.6 Å². The molecule has 7 atom stereocenters. The summed E-state index contributed by atoms with van der Waals surface area (Å²) in [6, 6.07) is 17.6. The highest BCUT2D eigenvalue weighted by molar-refractivity contribution is 8.72. The molecular formula is C54H70N10O10S3. The lowest BCUT2D eigenvalue weighted by molar-refractivity contribution is -0.141. The standard InChI is InChI=1S/C54H70N10O10S3/c1-32(2)49(53(67)64-30-41(73-54(68)72-35(5)36(6)76-77(7,69)70)24-45(64)52(66)57-33(3)38-12-14-39(15-13-38)50-34(4)56-31-75-50)47-26-48(60-74-47)71-23-22-61-18-16-37(17-19-61)28-62-20-21-63-40(29-62)27-55-51-44(63)25-43(58-59-51)42-10-8-9-11-46(42)65/h8-15,25-26,31-33,35-37,40-41,45,49,65H,16-24,27-30H2,1-7H3,(H,55,59)(H,57,66)/t33-,35?,36?,40-,41+,45-,49+/m0/s1. The fourth-order valence-electron chi connectivity index (χ4n) is 10.8. The molecule has 2 amide bonds. The smallest absolute Gasteiger partial charge is 0.507 e. The average Bonchev–Trinajstić information content (AvgIpc) is 4.17. The Kier molecular flexibility index (Phi) is 17.6. The molecule has 3 N–H and O–H groups in total. The van der Waals surface area contributed by atoms with Crippen LogP contribution in [0.25, 0.3) is 21.7 Å². The molecule has 20 nitrogen and oxygen atoms in total. The summed E-state index contributed by atoms with van der Waals surface area (Å²) in [5.41, 5.74) is 6.98.